The molecule has 0 spiro atoms. The molecule has 1 aromatic carbocycles. The first kappa shape index (κ1) is 16.0. The molecule has 0 saturated carbocycles. The first-order valence-corrected chi connectivity index (χ1v) is 9.02. The maximum absolute atomic E-state index is 12.4. The van der Waals surface area contributed by atoms with Gasteiger partial charge in [0.1, 0.15) is 6.54 Å². The lowest BCUT2D eigenvalue weighted by Gasteiger charge is -2.14. The van der Waals surface area contributed by atoms with Gasteiger partial charge in [-0.1, -0.05) is 35.6 Å². The maximum atomic E-state index is 12.4. The molecule has 3 amide bonds. The predicted octanol–water partition coefficient (Wildman–Crippen LogP) is 2.49. The van der Waals surface area contributed by atoms with Gasteiger partial charge in [0.15, 0.2) is 5.13 Å². The van der Waals surface area contributed by atoms with Gasteiger partial charge in [0.2, 0.25) is 17.7 Å². The zero-order chi connectivity index (χ0) is 17.6. The smallest absolute Gasteiger partial charge is 0.246 e. The van der Waals surface area contributed by atoms with Crippen molar-refractivity contribution in [2.24, 2.45) is 11.8 Å². The number of aryl methyl sites for hydroxylation is 1. The van der Waals surface area contributed by atoms with Crippen molar-refractivity contribution < 1.29 is 14.4 Å². The Kier molecular flexibility index (Phi) is 3.88. The molecule has 128 valence electrons. The van der Waals surface area contributed by atoms with Crippen LogP contribution in [0.3, 0.4) is 0 Å². The van der Waals surface area contributed by atoms with Gasteiger partial charge >= 0.3 is 0 Å². The van der Waals surface area contributed by atoms with Crippen LogP contribution < -0.4 is 5.32 Å². The summed E-state index contributed by atoms with van der Waals surface area (Å²) in [6.45, 7) is 1.71. The fourth-order valence-corrected chi connectivity index (χ4v) is 4.43. The monoisotopic (exact) mass is 355 g/mol. The van der Waals surface area contributed by atoms with E-state index in [1.54, 1.807) is 0 Å². The number of likely N-dealkylation sites (tertiary alicyclic amines) is 1. The van der Waals surface area contributed by atoms with Crippen molar-refractivity contribution in [1.29, 1.82) is 0 Å². The van der Waals surface area contributed by atoms with Crippen LogP contribution in [0.15, 0.2) is 30.4 Å². The molecule has 25 heavy (non-hydrogen) atoms. The Morgan fingerprint density at radius 1 is 1.24 bits per heavy atom. The van der Waals surface area contributed by atoms with Crippen LogP contribution in [-0.2, 0) is 14.4 Å². The van der Waals surface area contributed by atoms with Gasteiger partial charge in [-0.15, -0.1) is 0 Å². The number of hydrogen-bond donors (Lipinski definition) is 1. The molecule has 6 nitrogen and oxygen atoms in total. The van der Waals surface area contributed by atoms with E-state index in [2.05, 4.69) is 10.3 Å². The molecular formula is C18H17N3O3S. The fourth-order valence-electron chi connectivity index (χ4n) is 3.47. The third-order valence-corrected chi connectivity index (χ3v) is 5.70. The molecule has 2 atom stereocenters. The molecule has 1 saturated heterocycles. The van der Waals surface area contributed by atoms with Crippen molar-refractivity contribution in [3.63, 3.8) is 0 Å². The van der Waals surface area contributed by atoms with E-state index in [9.17, 15) is 14.4 Å². The van der Waals surface area contributed by atoms with Crippen LogP contribution >= 0.6 is 11.3 Å². The Bertz CT molecular complexity index is 891. The standard InChI is InChI=1S/C18H17N3O3S/c1-10-5-4-8-13-15(10)20-18(25-13)19-14(22)9-21-16(23)11-6-2-3-7-12(11)17(21)24/h2-5,8,11-12H,6-7,9H2,1H3,(H,19,20,22)/t11-,12-/m0/s1. The molecule has 2 aromatic rings. The number of thiazole rings is 1. The highest BCUT2D eigenvalue weighted by atomic mass is 32.1. The molecule has 1 aromatic heterocycles. The highest BCUT2D eigenvalue weighted by molar-refractivity contribution is 7.22. The van der Waals surface area contributed by atoms with E-state index in [1.807, 2.05) is 37.3 Å². The van der Waals surface area contributed by atoms with E-state index in [-0.39, 0.29) is 30.2 Å². The van der Waals surface area contributed by atoms with Crippen LogP contribution in [0.5, 0.6) is 0 Å². The van der Waals surface area contributed by atoms with Crippen molar-refractivity contribution in [2.75, 3.05) is 11.9 Å². The van der Waals surface area contributed by atoms with Gasteiger partial charge in [-0.2, -0.15) is 0 Å². The summed E-state index contributed by atoms with van der Waals surface area (Å²) in [6.07, 6.45) is 5.01. The van der Waals surface area contributed by atoms with E-state index < -0.39 is 5.91 Å². The first-order chi connectivity index (χ1) is 12.0. The van der Waals surface area contributed by atoms with E-state index >= 15 is 0 Å². The van der Waals surface area contributed by atoms with E-state index in [1.165, 1.54) is 11.3 Å². The van der Waals surface area contributed by atoms with Crippen LogP contribution in [0.2, 0.25) is 0 Å². The second-order valence-electron chi connectivity index (χ2n) is 6.41. The first-order valence-electron chi connectivity index (χ1n) is 8.21. The number of allylic oxidation sites excluding steroid dienone is 2. The number of aromatic nitrogens is 1. The van der Waals surface area contributed by atoms with Crippen molar-refractivity contribution in [1.82, 2.24) is 9.88 Å². The number of carbonyl (C=O) groups excluding carboxylic acids is 3. The number of rotatable bonds is 3. The molecule has 1 fully saturated rings. The quantitative estimate of drug-likeness (QED) is 0.678. The van der Waals surface area contributed by atoms with Gasteiger partial charge in [-0.3, -0.25) is 19.3 Å². The van der Waals surface area contributed by atoms with Crippen LogP contribution in [0.4, 0.5) is 5.13 Å². The van der Waals surface area contributed by atoms with Crippen LogP contribution in [0.1, 0.15) is 18.4 Å². The molecule has 1 aliphatic heterocycles. The molecule has 0 unspecified atom stereocenters. The second-order valence-corrected chi connectivity index (χ2v) is 7.44. The Morgan fingerprint density at radius 2 is 1.92 bits per heavy atom. The largest absolute Gasteiger partial charge is 0.300 e. The zero-order valence-corrected chi connectivity index (χ0v) is 14.5. The molecule has 1 aliphatic carbocycles. The molecule has 4 rings (SSSR count). The van der Waals surface area contributed by atoms with Gasteiger partial charge in [-0.05, 0) is 31.4 Å². The van der Waals surface area contributed by atoms with Crippen LogP contribution in [0.25, 0.3) is 10.2 Å². The highest BCUT2D eigenvalue weighted by Crippen LogP contribution is 2.35. The predicted molar refractivity (Wildman–Crippen MR) is 95.1 cm³/mol. The van der Waals surface area contributed by atoms with Gasteiger partial charge < -0.3 is 5.32 Å². The van der Waals surface area contributed by atoms with Crippen molar-refractivity contribution in [2.45, 2.75) is 19.8 Å². The third kappa shape index (κ3) is 2.74. The number of nitrogens with zero attached hydrogens (tertiary/aromatic N) is 2. The van der Waals surface area contributed by atoms with Gasteiger partial charge in [-0.25, -0.2) is 4.98 Å². The minimum Gasteiger partial charge on any atom is -0.300 e. The van der Waals surface area contributed by atoms with Crippen LogP contribution in [0, 0.1) is 18.8 Å². The Morgan fingerprint density at radius 3 is 2.56 bits per heavy atom. The molecule has 0 radical (unpaired) electrons. The number of benzene rings is 1. The Balaban J connectivity index is 1.47. The lowest BCUT2D eigenvalue weighted by Crippen LogP contribution is -2.38. The Hall–Kier alpha value is -2.54. The number of carbonyl (C=O) groups is 3. The molecule has 2 heterocycles. The average Bonchev–Trinajstić information content (AvgIpc) is 3.11. The fraction of sp³-hybridized carbons (Fsp3) is 0.333. The summed E-state index contributed by atoms with van der Waals surface area (Å²) in [5.74, 6) is -1.50. The molecule has 2 aliphatic rings. The second kappa shape index (κ2) is 6.07. The summed E-state index contributed by atoms with van der Waals surface area (Å²) in [5.41, 5.74) is 1.89. The minimum absolute atomic E-state index is 0.241. The molecular weight excluding hydrogens is 338 g/mol. The molecule has 7 heteroatoms. The highest BCUT2D eigenvalue weighted by Gasteiger charge is 2.47. The lowest BCUT2D eigenvalue weighted by molar-refractivity contribution is -0.142. The number of para-hydroxylation sites is 1. The number of imide groups is 1. The SMILES string of the molecule is Cc1cccc2sc(NC(=O)CN3C(=O)[C@H]4CC=CC[C@@H]4C3=O)nc12. The van der Waals surface area contributed by atoms with Gasteiger partial charge in [0.05, 0.1) is 22.1 Å². The number of hydrogen-bond acceptors (Lipinski definition) is 5. The lowest BCUT2D eigenvalue weighted by atomic mass is 9.85. The summed E-state index contributed by atoms with van der Waals surface area (Å²) >= 11 is 1.38. The number of anilines is 1. The topological polar surface area (TPSA) is 79.4 Å². The number of nitrogens with one attached hydrogen (secondary N) is 1. The summed E-state index contributed by atoms with van der Waals surface area (Å²) < 4.78 is 0.987. The Labute approximate surface area is 148 Å². The minimum atomic E-state index is -0.398. The number of amides is 3. The third-order valence-electron chi connectivity index (χ3n) is 4.77. The summed E-state index contributed by atoms with van der Waals surface area (Å²) in [6, 6.07) is 5.85. The normalized spacial score (nSPS) is 22.5. The molecule has 1 N–H and O–H groups in total. The van der Waals surface area contributed by atoms with Crippen LogP contribution in [-0.4, -0.2) is 34.2 Å². The van der Waals surface area contributed by atoms with Gasteiger partial charge in [0, 0.05) is 0 Å². The summed E-state index contributed by atoms with van der Waals surface area (Å²) in [5, 5.41) is 3.19. The van der Waals surface area contributed by atoms with E-state index in [0.717, 1.165) is 20.7 Å². The van der Waals surface area contributed by atoms with Crippen molar-refractivity contribution in [3.8, 4) is 0 Å². The summed E-state index contributed by atoms with van der Waals surface area (Å²) in [4.78, 5) is 42.6. The van der Waals surface area contributed by atoms with Gasteiger partial charge in [0.25, 0.3) is 0 Å². The van der Waals surface area contributed by atoms with E-state index in [4.69, 9.17) is 0 Å². The number of fused-ring (bicyclic) bond motifs is 2. The maximum Gasteiger partial charge on any atom is 0.246 e. The zero-order valence-electron chi connectivity index (χ0n) is 13.7. The van der Waals surface area contributed by atoms with Crippen molar-refractivity contribution in [3.05, 3.63) is 35.9 Å². The summed E-state index contributed by atoms with van der Waals surface area (Å²) in [7, 11) is 0. The van der Waals surface area contributed by atoms with E-state index in [0.29, 0.717) is 18.0 Å². The van der Waals surface area contributed by atoms with Crippen molar-refractivity contribution >= 4 is 44.4 Å². The molecule has 0 bridgehead atoms. The average molecular weight is 355 g/mol.